The highest BCUT2D eigenvalue weighted by Gasteiger charge is 2.14. The largest absolute Gasteiger partial charge is 0.496 e. The summed E-state index contributed by atoms with van der Waals surface area (Å²) in [6, 6.07) is 14.1. The number of methoxy groups -OCH3 is 1. The van der Waals surface area contributed by atoms with Crippen LogP contribution in [0.5, 0.6) is 5.75 Å². The summed E-state index contributed by atoms with van der Waals surface area (Å²) in [5.41, 5.74) is 3.00. The predicted octanol–water partition coefficient (Wildman–Crippen LogP) is 3.68. The second kappa shape index (κ2) is 5.64. The highest BCUT2D eigenvalue weighted by Crippen LogP contribution is 2.32. The minimum absolute atomic E-state index is 0.683. The molecular formula is C18H19N3O. The summed E-state index contributed by atoms with van der Waals surface area (Å²) in [6.07, 6.45) is 0. The third kappa shape index (κ3) is 2.48. The number of anilines is 1. The number of benzene rings is 2. The van der Waals surface area contributed by atoms with Crippen molar-refractivity contribution in [3.63, 3.8) is 0 Å². The molecule has 2 aromatic carbocycles. The van der Waals surface area contributed by atoms with E-state index in [2.05, 4.69) is 13.0 Å². The first-order chi connectivity index (χ1) is 10.6. The highest BCUT2D eigenvalue weighted by atomic mass is 16.5. The van der Waals surface area contributed by atoms with Gasteiger partial charge < -0.3 is 9.64 Å². The van der Waals surface area contributed by atoms with Crippen LogP contribution in [0, 0.1) is 6.92 Å². The molecule has 22 heavy (non-hydrogen) atoms. The number of aryl methyl sites for hydroxylation is 1. The van der Waals surface area contributed by atoms with Gasteiger partial charge in [0.2, 0.25) is 0 Å². The Hall–Kier alpha value is -2.62. The van der Waals surface area contributed by atoms with Crippen molar-refractivity contribution in [2.24, 2.45) is 0 Å². The molecule has 0 unspecified atom stereocenters. The van der Waals surface area contributed by atoms with Gasteiger partial charge in [0, 0.05) is 19.5 Å². The lowest BCUT2D eigenvalue weighted by Gasteiger charge is -2.16. The molecule has 0 spiro atoms. The molecule has 0 aliphatic rings. The average molecular weight is 293 g/mol. The van der Waals surface area contributed by atoms with Crippen LogP contribution in [-0.2, 0) is 0 Å². The Morgan fingerprint density at radius 1 is 1.00 bits per heavy atom. The van der Waals surface area contributed by atoms with Gasteiger partial charge in [-0.2, -0.15) is 0 Å². The van der Waals surface area contributed by atoms with Crippen LogP contribution in [0.2, 0.25) is 0 Å². The van der Waals surface area contributed by atoms with Crippen LogP contribution in [0.3, 0.4) is 0 Å². The Kier molecular flexibility index (Phi) is 3.67. The molecule has 0 N–H and O–H groups in total. The van der Waals surface area contributed by atoms with E-state index >= 15 is 0 Å². The highest BCUT2D eigenvalue weighted by molar-refractivity contribution is 5.91. The van der Waals surface area contributed by atoms with Crippen molar-refractivity contribution in [3.05, 3.63) is 48.0 Å². The quantitative estimate of drug-likeness (QED) is 0.738. The molecule has 1 aromatic heterocycles. The van der Waals surface area contributed by atoms with E-state index in [-0.39, 0.29) is 0 Å². The molecule has 0 atom stereocenters. The second-order valence-corrected chi connectivity index (χ2v) is 5.49. The van der Waals surface area contributed by atoms with Crippen molar-refractivity contribution in [2.45, 2.75) is 6.92 Å². The van der Waals surface area contributed by atoms with Gasteiger partial charge in [0.25, 0.3) is 0 Å². The van der Waals surface area contributed by atoms with Gasteiger partial charge in [-0.1, -0.05) is 23.8 Å². The molecule has 0 bridgehead atoms. The van der Waals surface area contributed by atoms with Crippen molar-refractivity contribution in [2.75, 3.05) is 26.1 Å². The van der Waals surface area contributed by atoms with Crippen molar-refractivity contribution < 1.29 is 4.74 Å². The smallest absolute Gasteiger partial charge is 0.165 e. The van der Waals surface area contributed by atoms with Crippen LogP contribution in [0.4, 0.5) is 5.82 Å². The molecule has 0 radical (unpaired) electrons. The van der Waals surface area contributed by atoms with Crippen LogP contribution < -0.4 is 9.64 Å². The molecule has 0 fully saturated rings. The molecule has 1 heterocycles. The van der Waals surface area contributed by atoms with E-state index in [4.69, 9.17) is 14.7 Å². The van der Waals surface area contributed by atoms with Gasteiger partial charge in [-0.15, -0.1) is 0 Å². The summed E-state index contributed by atoms with van der Waals surface area (Å²) in [4.78, 5) is 11.5. The summed E-state index contributed by atoms with van der Waals surface area (Å²) in [5, 5.41) is 1.04. The van der Waals surface area contributed by atoms with Gasteiger partial charge >= 0.3 is 0 Å². The molecule has 0 amide bonds. The Bertz CT molecular complexity index is 828. The van der Waals surface area contributed by atoms with Gasteiger partial charge in [0.05, 0.1) is 18.2 Å². The zero-order chi connectivity index (χ0) is 15.7. The second-order valence-electron chi connectivity index (χ2n) is 5.49. The maximum Gasteiger partial charge on any atom is 0.165 e. The normalized spacial score (nSPS) is 10.7. The van der Waals surface area contributed by atoms with Gasteiger partial charge in [0.1, 0.15) is 11.6 Å². The number of fused-ring (bicyclic) bond motifs is 1. The van der Waals surface area contributed by atoms with Crippen LogP contribution in [0.1, 0.15) is 5.56 Å². The SMILES string of the molecule is COc1ccc(C)cc1-c1nc(N(C)C)c2ccccc2n1. The third-order valence-corrected chi connectivity index (χ3v) is 3.60. The molecule has 0 aliphatic carbocycles. The Morgan fingerprint density at radius 2 is 1.77 bits per heavy atom. The van der Waals surface area contributed by atoms with Crippen molar-refractivity contribution in [3.8, 4) is 17.1 Å². The molecular weight excluding hydrogens is 274 g/mol. The number of aromatic nitrogens is 2. The summed E-state index contributed by atoms with van der Waals surface area (Å²) in [5.74, 6) is 2.37. The fourth-order valence-electron chi connectivity index (χ4n) is 2.52. The van der Waals surface area contributed by atoms with E-state index in [1.807, 2.05) is 55.4 Å². The van der Waals surface area contributed by atoms with E-state index in [9.17, 15) is 0 Å². The monoisotopic (exact) mass is 293 g/mol. The molecule has 3 aromatic rings. The fourth-order valence-corrected chi connectivity index (χ4v) is 2.52. The van der Waals surface area contributed by atoms with Gasteiger partial charge in [0.15, 0.2) is 5.82 Å². The van der Waals surface area contributed by atoms with E-state index in [0.29, 0.717) is 5.82 Å². The number of ether oxygens (including phenoxy) is 1. The number of rotatable bonds is 3. The first-order valence-electron chi connectivity index (χ1n) is 7.19. The summed E-state index contributed by atoms with van der Waals surface area (Å²) in [7, 11) is 5.65. The average Bonchev–Trinajstić information content (AvgIpc) is 2.53. The van der Waals surface area contributed by atoms with Crippen LogP contribution >= 0.6 is 0 Å². The third-order valence-electron chi connectivity index (χ3n) is 3.60. The first kappa shape index (κ1) is 14.3. The van der Waals surface area contributed by atoms with Gasteiger partial charge in [-0.05, 0) is 31.2 Å². The van der Waals surface area contributed by atoms with E-state index in [1.54, 1.807) is 7.11 Å². The van der Waals surface area contributed by atoms with E-state index < -0.39 is 0 Å². The van der Waals surface area contributed by atoms with Crippen LogP contribution in [0.15, 0.2) is 42.5 Å². The van der Waals surface area contributed by atoms with Crippen molar-refractivity contribution >= 4 is 16.7 Å². The lowest BCUT2D eigenvalue weighted by atomic mass is 10.1. The number of nitrogens with zero attached hydrogens (tertiary/aromatic N) is 3. The Labute approximate surface area is 130 Å². The summed E-state index contributed by atoms with van der Waals surface area (Å²) in [6.45, 7) is 2.05. The predicted molar refractivity (Wildman–Crippen MR) is 90.6 cm³/mol. The maximum absolute atomic E-state index is 5.47. The lowest BCUT2D eigenvalue weighted by Crippen LogP contribution is -2.12. The number of para-hydroxylation sites is 1. The summed E-state index contributed by atoms with van der Waals surface area (Å²) >= 11 is 0. The topological polar surface area (TPSA) is 38.2 Å². The Balaban J connectivity index is 2.30. The van der Waals surface area contributed by atoms with Gasteiger partial charge in [-0.3, -0.25) is 0 Å². The molecule has 4 nitrogen and oxygen atoms in total. The van der Waals surface area contributed by atoms with E-state index in [1.165, 1.54) is 0 Å². The zero-order valence-electron chi connectivity index (χ0n) is 13.3. The molecule has 0 aliphatic heterocycles. The summed E-state index contributed by atoms with van der Waals surface area (Å²) < 4.78 is 5.47. The molecule has 0 saturated carbocycles. The van der Waals surface area contributed by atoms with Crippen LogP contribution in [0.25, 0.3) is 22.3 Å². The first-order valence-corrected chi connectivity index (χ1v) is 7.19. The number of hydrogen-bond donors (Lipinski definition) is 0. The van der Waals surface area contributed by atoms with Crippen LogP contribution in [-0.4, -0.2) is 31.2 Å². The Morgan fingerprint density at radius 3 is 2.50 bits per heavy atom. The molecule has 112 valence electrons. The van der Waals surface area contributed by atoms with Crippen molar-refractivity contribution in [1.29, 1.82) is 0 Å². The molecule has 3 rings (SSSR count). The van der Waals surface area contributed by atoms with E-state index in [0.717, 1.165) is 33.6 Å². The minimum Gasteiger partial charge on any atom is -0.496 e. The minimum atomic E-state index is 0.683. The number of hydrogen-bond acceptors (Lipinski definition) is 4. The molecule has 4 heteroatoms. The lowest BCUT2D eigenvalue weighted by molar-refractivity contribution is 0.416. The zero-order valence-corrected chi connectivity index (χ0v) is 13.3. The fraction of sp³-hybridized carbons (Fsp3) is 0.222. The standard InChI is InChI=1S/C18H19N3O/c1-12-9-10-16(22-4)14(11-12)17-19-15-8-6-5-7-13(15)18(20-17)21(2)3/h5-11H,1-4H3. The maximum atomic E-state index is 5.47. The van der Waals surface area contributed by atoms with Crippen molar-refractivity contribution in [1.82, 2.24) is 9.97 Å². The van der Waals surface area contributed by atoms with Gasteiger partial charge in [-0.25, -0.2) is 9.97 Å². The molecule has 0 saturated heterocycles.